The van der Waals surface area contributed by atoms with E-state index in [-0.39, 0.29) is 0 Å². The average Bonchev–Trinajstić information content (AvgIpc) is 2.91. The zero-order valence-corrected chi connectivity index (χ0v) is 16.7. The van der Waals surface area contributed by atoms with E-state index in [1.165, 1.54) is 27.6 Å². The van der Waals surface area contributed by atoms with E-state index in [9.17, 15) is 0 Å². The highest BCUT2D eigenvalue weighted by Crippen LogP contribution is 2.32. The van der Waals surface area contributed by atoms with Gasteiger partial charge in [0.05, 0.1) is 10.5 Å². The van der Waals surface area contributed by atoms with Crippen molar-refractivity contribution in [2.24, 2.45) is 0 Å². The quantitative estimate of drug-likeness (QED) is 0.543. The van der Waals surface area contributed by atoms with Crippen LogP contribution < -0.4 is 0 Å². The zero-order valence-electron chi connectivity index (χ0n) is 14.3. The molecule has 0 spiro atoms. The van der Waals surface area contributed by atoms with E-state index in [1.54, 1.807) is 0 Å². The van der Waals surface area contributed by atoms with Gasteiger partial charge < -0.3 is 9.47 Å². The van der Waals surface area contributed by atoms with E-state index in [1.807, 2.05) is 12.1 Å². The molecule has 0 aliphatic heterocycles. The van der Waals surface area contributed by atoms with Crippen LogP contribution in [0.15, 0.2) is 47.1 Å². The van der Waals surface area contributed by atoms with Gasteiger partial charge in [0.1, 0.15) is 0 Å². The number of likely N-dealkylation sites (N-methyl/N-ethyl adjacent to an activating group) is 1. The molecule has 0 saturated carbocycles. The lowest BCUT2D eigenvalue weighted by Gasteiger charge is -2.10. The van der Waals surface area contributed by atoms with Crippen LogP contribution in [0.5, 0.6) is 0 Å². The summed E-state index contributed by atoms with van der Waals surface area (Å²) >= 11 is 10.2. The topological polar surface area (TPSA) is 8.17 Å². The van der Waals surface area contributed by atoms with Crippen LogP contribution in [-0.2, 0) is 13.0 Å². The van der Waals surface area contributed by atoms with E-state index in [2.05, 4.69) is 76.9 Å². The molecule has 0 fully saturated rings. The van der Waals surface area contributed by atoms with E-state index < -0.39 is 0 Å². The highest BCUT2D eigenvalue weighted by molar-refractivity contribution is 9.10. The standard InChI is InChI=1S/C20H22BrClN2/c1-14-8-9-18(22)19-16(10-11-23(2)3)13-24(20(14)19)12-15-6-4-5-7-17(15)21/h4-9,13H,10-12H2,1-3H3. The molecule has 1 heterocycles. The minimum Gasteiger partial charge on any atom is -0.342 e. The molecule has 0 saturated heterocycles. The minimum absolute atomic E-state index is 0.834. The van der Waals surface area contributed by atoms with Gasteiger partial charge in [0, 0.05) is 29.1 Å². The monoisotopic (exact) mass is 404 g/mol. The molecule has 0 atom stereocenters. The summed E-state index contributed by atoms with van der Waals surface area (Å²) in [6.45, 7) is 4.00. The second-order valence-corrected chi connectivity index (χ2v) is 7.78. The summed E-state index contributed by atoms with van der Waals surface area (Å²) < 4.78 is 3.48. The van der Waals surface area contributed by atoms with Gasteiger partial charge in [0.25, 0.3) is 0 Å². The summed E-state index contributed by atoms with van der Waals surface area (Å²) in [6, 6.07) is 12.5. The first-order valence-corrected chi connectivity index (χ1v) is 9.29. The molecule has 0 amide bonds. The molecule has 0 unspecified atom stereocenters. The minimum atomic E-state index is 0.834. The molecule has 1 aromatic heterocycles. The van der Waals surface area contributed by atoms with E-state index in [0.717, 1.165) is 29.0 Å². The van der Waals surface area contributed by atoms with Crippen LogP contribution >= 0.6 is 27.5 Å². The number of halogens is 2. The predicted molar refractivity (Wildman–Crippen MR) is 107 cm³/mol. The SMILES string of the molecule is Cc1ccc(Cl)c2c(CCN(C)C)cn(Cc3ccccc3Br)c12. The summed E-state index contributed by atoms with van der Waals surface area (Å²) in [5.41, 5.74) is 5.09. The van der Waals surface area contributed by atoms with Gasteiger partial charge in [-0.05, 0) is 56.3 Å². The molecular weight excluding hydrogens is 384 g/mol. The van der Waals surface area contributed by atoms with E-state index in [0.29, 0.717) is 0 Å². The first-order chi connectivity index (χ1) is 11.5. The van der Waals surface area contributed by atoms with Gasteiger partial charge in [0.2, 0.25) is 0 Å². The molecule has 24 heavy (non-hydrogen) atoms. The number of aryl methyl sites for hydroxylation is 1. The van der Waals surface area contributed by atoms with Crippen molar-refractivity contribution in [2.75, 3.05) is 20.6 Å². The second-order valence-electron chi connectivity index (χ2n) is 6.51. The predicted octanol–water partition coefficient (Wildman–Crippen LogP) is 5.52. The number of fused-ring (bicyclic) bond motifs is 1. The fraction of sp³-hybridized carbons (Fsp3) is 0.300. The number of benzene rings is 2. The van der Waals surface area contributed by atoms with Crippen molar-refractivity contribution >= 4 is 38.4 Å². The van der Waals surface area contributed by atoms with Crippen molar-refractivity contribution in [3.8, 4) is 0 Å². The maximum Gasteiger partial charge on any atom is 0.0531 e. The van der Waals surface area contributed by atoms with E-state index >= 15 is 0 Å². The molecule has 3 rings (SSSR count). The Labute approximate surface area is 157 Å². The summed E-state index contributed by atoms with van der Waals surface area (Å²) in [5.74, 6) is 0. The molecule has 2 aromatic carbocycles. The van der Waals surface area contributed by atoms with Crippen molar-refractivity contribution in [3.05, 3.63) is 68.8 Å². The Bertz CT molecular complexity index is 867. The molecular formula is C20H22BrClN2. The van der Waals surface area contributed by atoms with E-state index in [4.69, 9.17) is 11.6 Å². The van der Waals surface area contributed by atoms with Gasteiger partial charge in [-0.2, -0.15) is 0 Å². The van der Waals surface area contributed by atoms with Crippen LogP contribution in [0, 0.1) is 6.92 Å². The summed E-state index contributed by atoms with van der Waals surface area (Å²) in [4.78, 5) is 2.21. The molecule has 2 nitrogen and oxygen atoms in total. The van der Waals surface area contributed by atoms with Crippen LogP contribution in [-0.4, -0.2) is 30.1 Å². The number of aromatic nitrogens is 1. The molecule has 126 valence electrons. The normalized spacial score (nSPS) is 11.6. The first-order valence-electron chi connectivity index (χ1n) is 8.12. The molecule has 4 heteroatoms. The van der Waals surface area contributed by atoms with Gasteiger partial charge in [-0.3, -0.25) is 0 Å². The van der Waals surface area contributed by atoms with Crippen LogP contribution in [0.25, 0.3) is 10.9 Å². The van der Waals surface area contributed by atoms with Crippen LogP contribution in [0.4, 0.5) is 0 Å². The Morgan fingerprint density at radius 2 is 1.83 bits per heavy atom. The lowest BCUT2D eigenvalue weighted by molar-refractivity contribution is 0.414. The number of hydrogen-bond donors (Lipinski definition) is 0. The lowest BCUT2D eigenvalue weighted by atomic mass is 10.1. The Balaban J connectivity index is 2.10. The van der Waals surface area contributed by atoms with Crippen molar-refractivity contribution in [3.63, 3.8) is 0 Å². The van der Waals surface area contributed by atoms with Gasteiger partial charge in [0.15, 0.2) is 0 Å². The summed E-state index contributed by atoms with van der Waals surface area (Å²) in [5, 5.41) is 2.04. The summed E-state index contributed by atoms with van der Waals surface area (Å²) in [6.07, 6.45) is 3.27. The largest absolute Gasteiger partial charge is 0.342 e. The maximum atomic E-state index is 6.56. The fourth-order valence-electron chi connectivity index (χ4n) is 3.13. The third kappa shape index (κ3) is 3.53. The molecule has 0 aliphatic rings. The highest BCUT2D eigenvalue weighted by atomic mass is 79.9. The smallest absolute Gasteiger partial charge is 0.0531 e. The highest BCUT2D eigenvalue weighted by Gasteiger charge is 2.15. The Morgan fingerprint density at radius 1 is 1.08 bits per heavy atom. The maximum absolute atomic E-state index is 6.56. The molecule has 0 N–H and O–H groups in total. The molecule has 0 radical (unpaired) electrons. The third-order valence-corrected chi connectivity index (χ3v) is 5.46. The first kappa shape index (κ1) is 17.5. The lowest BCUT2D eigenvalue weighted by Crippen LogP contribution is -2.14. The van der Waals surface area contributed by atoms with Crippen molar-refractivity contribution < 1.29 is 0 Å². The fourth-order valence-corrected chi connectivity index (χ4v) is 3.82. The number of rotatable bonds is 5. The molecule has 0 bridgehead atoms. The zero-order chi connectivity index (χ0) is 17.3. The van der Waals surface area contributed by atoms with Gasteiger partial charge >= 0.3 is 0 Å². The van der Waals surface area contributed by atoms with Gasteiger partial charge in [-0.15, -0.1) is 0 Å². The molecule has 0 aliphatic carbocycles. The second kappa shape index (κ2) is 7.30. The van der Waals surface area contributed by atoms with Crippen molar-refractivity contribution in [1.29, 1.82) is 0 Å². The van der Waals surface area contributed by atoms with Crippen molar-refractivity contribution in [2.45, 2.75) is 19.9 Å². The van der Waals surface area contributed by atoms with Gasteiger partial charge in [-0.25, -0.2) is 0 Å². The van der Waals surface area contributed by atoms with Gasteiger partial charge in [-0.1, -0.05) is 51.8 Å². The summed E-state index contributed by atoms with van der Waals surface area (Å²) in [7, 11) is 4.21. The third-order valence-electron chi connectivity index (χ3n) is 4.38. The Morgan fingerprint density at radius 3 is 2.54 bits per heavy atom. The average molecular weight is 406 g/mol. The Kier molecular flexibility index (Phi) is 5.33. The number of hydrogen-bond acceptors (Lipinski definition) is 1. The Hall–Kier alpha value is -1.29. The number of nitrogens with zero attached hydrogens (tertiary/aromatic N) is 2. The molecule has 3 aromatic rings. The van der Waals surface area contributed by atoms with Crippen LogP contribution in [0.3, 0.4) is 0 Å². The van der Waals surface area contributed by atoms with Crippen LogP contribution in [0.2, 0.25) is 5.02 Å². The van der Waals surface area contributed by atoms with Crippen molar-refractivity contribution in [1.82, 2.24) is 9.47 Å². The van der Waals surface area contributed by atoms with Crippen LogP contribution in [0.1, 0.15) is 16.7 Å².